The van der Waals surface area contributed by atoms with Crippen LogP contribution >= 0.6 is 0 Å². The minimum Gasteiger partial charge on any atom is -0.338 e. The lowest BCUT2D eigenvalue weighted by molar-refractivity contribution is 0.242. The van der Waals surface area contributed by atoms with Crippen molar-refractivity contribution in [2.75, 3.05) is 13.1 Å². The van der Waals surface area contributed by atoms with E-state index in [9.17, 15) is 4.79 Å². The lowest BCUT2D eigenvalue weighted by Crippen LogP contribution is -2.36. The molecular weight excluding hydrogens is 190 g/mol. The third-order valence-electron chi connectivity index (χ3n) is 1.87. The maximum absolute atomic E-state index is 11.0. The Bertz CT molecular complexity index is 343. The van der Waals surface area contributed by atoms with Crippen molar-refractivity contribution in [2.24, 2.45) is 0 Å². The summed E-state index contributed by atoms with van der Waals surface area (Å²) in [7, 11) is 0. The van der Waals surface area contributed by atoms with Gasteiger partial charge in [-0.2, -0.15) is 5.26 Å². The Kier molecular flexibility index (Phi) is 4.74. The van der Waals surface area contributed by atoms with Gasteiger partial charge < -0.3 is 10.6 Å². The van der Waals surface area contributed by atoms with Gasteiger partial charge in [-0.25, -0.2) is 4.79 Å². The molecule has 4 nitrogen and oxygen atoms in total. The van der Waals surface area contributed by atoms with Crippen molar-refractivity contribution in [3.05, 3.63) is 35.9 Å². The van der Waals surface area contributed by atoms with Crippen molar-refractivity contribution < 1.29 is 4.79 Å². The lowest BCUT2D eigenvalue weighted by atomic mass is 10.1. The number of amides is 2. The van der Waals surface area contributed by atoms with E-state index in [1.807, 2.05) is 36.4 Å². The molecule has 1 aromatic rings. The summed E-state index contributed by atoms with van der Waals surface area (Å²) < 4.78 is 0. The largest absolute Gasteiger partial charge is 0.338 e. The number of nitriles is 1. The van der Waals surface area contributed by atoms with Gasteiger partial charge in [0.05, 0.1) is 6.07 Å². The van der Waals surface area contributed by atoms with Crippen LogP contribution in [-0.4, -0.2) is 19.1 Å². The van der Waals surface area contributed by atoms with Crippen LogP contribution in [0.25, 0.3) is 0 Å². The highest BCUT2D eigenvalue weighted by Gasteiger charge is 1.97. The Morgan fingerprint density at radius 3 is 2.67 bits per heavy atom. The molecule has 0 aliphatic rings. The molecule has 15 heavy (non-hydrogen) atoms. The van der Waals surface area contributed by atoms with Gasteiger partial charge in [-0.1, -0.05) is 30.3 Å². The zero-order valence-electron chi connectivity index (χ0n) is 8.36. The van der Waals surface area contributed by atoms with Gasteiger partial charge in [0.2, 0.25) is 0 Å². The second-order valence-corrected chi connectivity index (χ2v) is 3.00. The van der Waals surface area contributed by atoms with Crippen LogP contribution in [0.5, 0.6) is 0 Å². The maximum Gasteiger partial charge on any atom is 0.315 e. The van der Waals surface area contributed by atoms with Crippen LogP contribution in [-0.2, 0) is 6.42 Å². The van der Waals surface area contributed by atoms with Gasteiger partial charge in [-0.15, -0.1) is 0 Å². The fourth-order valence-electron chi connectivity index (χ4n) is 1.15. The number of rotatable bonds is 4. The number of hydrogen-bond acceptors (Lipinski definition) is 2. The zero-order valence-corrected chi connectivity index (χ0v) is 8.36. The molecule has 0 saturated heterocycles. The highest BCUT2D eigenvalue weighted by molar-refractivity contribution is 5.73. The Morgan fingerprint density at radius 1 is 1.27 bits per heavy atom. The molecule has 1 aromatic carbocycles. The molecule has 0 aliphatic heterocycles. The molecule has 4 heteroatoms. The monoisotopic (exact) mass is 203 g/mol. The third kappa shape index (κ3) is 4.67. The third-order valence-corrected chi connectivity index (χ3v) is 1.87. The first-order valence-electron chi connectivity index (χ1n) is 4.75. The first-order chi connectivity index (χ1) is 7.33. The molecule has 0 bridgehead atoms. The summed E-state index contributed by atoms with van der Waals surface area (Å²) >= 11 is 0. The van der Waals surface area contributed by atoms with Crippen molar-refractivity contribution in [1.82, 2.24) is 10.6 Å². The minimum absolute atomic E-state index is 0.0389. The average Bonchev–Trinajstić information content (AvgIpc) is 2.28. The molecule has 78 valence electrons. The smallest absolute Gasteiger partial charge is 0.315 e. The molecule has 0 saturated carbocycles. The number of benzene rings is 1. The molecule has 2 amide bonds. The van der Waals surface area contributed by atoms with Crippen LogP contribution in [0.1, 0.15) is 5.56 Å². The van der Waals surface area contributed by atoms with Gasteiger partial charge in [0.15, 0.2) is 0 Å². The van der Waals surface area contributed by atoms with Crippen molar-refractivity contribution in [2.45, 2.75) is 6.42 Å². The second-order valence-electron chi connectivity index (χ2n) is 3.00. The topological polar surface area (TPSA) is 64.9 Å². The fraction of sp³-hybridized carbons (Fsp3) is 0.273. The molecule has 0 aliphatic carbocycles. The van der Waals surface area contributed by atoms with Crippen LogP contribution < -0.4 is 10.6 Å². The van der Waals surface area contributed by atoms with Crippen molar-refractivity contribution >= 4 is 6.03 Å². The second kappa shape index (κ2) is 6.44. The Balaban J connectivity index is 2.17. The number of nitrogens with zero attached hydrogens (tertiary/aromatic N) is 1. The van der Waals surface area contributed by atoms with Crippen LogP contribution in [0.15, 0.2) is 30.3 Å². The summed E-state index contributed by atoms with van der Waals surface area (Å²) in [4.78, 5) is 11.0. The Labute approximate surface area is 88.9 Å². The average molecular weight is 203 g/mol. The van der Waals surface area contributed by atoms with Crippen molar-refractivity contribution in [3.8, 4) is 6.07 Å². The van der Waals surface area contributed by atoms with E-state index in [0.717, 1.165) is 6.42 Å². The molecule has 0 radical (unpaired) electrons. The van der Waals surface area contributed by atoms with Crippen molar-refractivity contribution in [3.63, 3.8) is 0 Å². The van der Waals surface area contributed by atoms with Gasteiger partial charge in [-0.05, 0) is 12.0 Å². The predicted octanol–water partition coefficient (Wildman–Crippen LogP) is 1.05. The van der Waals surface area contributed by atoms with Crippen molar-refractivity contribution in [1.29, 1.82) is 5.26 Å². The molecule has 0 atom stereocenters. The molecule has 0 heterocycles. The van der Waals surface area contributed by atoms with E-state index >= 15 is 0 Å². The molecule has 0 unspecified atom stereocenters. The Morgan fingerprint density at radius 2 is 2.00 bits per heavy atom. The van der Waals surface area contributed by atoms with Gasteiger partial charge >= 0.3 is 6.03 Å². The summed E-state index contributed by atoms with van der Waals surface area (Å²) in [6.07, 6.45) is 0.792. The summed E-state index contributed by atoms with van der Waals surface area (Å²) in [6, 6.07) is 11.4. The maximum atomic E-state index is 11.0. The van der Waals surface area contributed by atoms with E-state index in [-0.39, 0.29) is 12.6 Å². The molecule has 0 aromatic heterocycles. The summed E-state index contributed by atoms with van der Waals surface area (Å²) in [5.41, 5.74) is 1.18. The van der Waals surface area contributed by atoms with E-state index in [2.05, 4.69) is 10.6 Å². The highest BCUT2D eigenvalue weighted by Crippen LogP contribution is 1.97. The quantitative estimate of drug-likeness (QED) is 0.718. The normalized spacial score (nSPS) is 9.00. The van der Waals surface area contributed by atoms with Crippen LogP contribution in [0, 0.1) is 11.3 Å². The summed E-state index contributed by atoms with van der Waals surface area (Å²) in [6.45, 7) is 0.610. The number of hydrogen-bond donors (Lipinski definition) is 2. The minimum atomic E-state index is -0.299. The first kappa shape index (κ1) is 11.1. The zero-order chi connectivity index (χ0) is 10.9. The van der Waals surface area contributed by atoms with Crippen LogP contribution in [0.2, 0.25) is 0 Å². The van der Waals surface area contributed by atoms with Gasteiger partial charge in [0, 0.05) is 6.54 Å². The highest BCUT2D eigenvalue weighted by atomic mass is 16.2. The SMILES string of the molecule is N#CCNC(=O)NCCc1ccccc1. The van der Waals surface area contributed by atoms with Gasteiger partial charge in [-0.3, -0.25) is 0 Å². The van der Waals surface area contributed by atoms with Gasteiger partial charge in [0.1, 0.15) is 6.54 Å². The van der Waals surface area contributed by atoms with E-state index < -0.39 is 0 Å². The number of carbonyl (C=O) groups excluding carboxylic acids is 1. The van der Waals surface area contributed by atoms with E-state index in [0.29, 0.717) is 6.54 Å². The fourth-order valence-corrected chi connectivity index (χ4v) is 1.15. The molecule has 0 fully saturated rings. The van der Waals surface area contributed by atoms with Crippen LogP contribution in [0.4, 0.5) is 4.79 Å². The van der Waals surface area contributed by atoms with E-state index in [1.54, 1.807) is 0 Å². The molecule has 1 rings (SSSR count). The number of urea groups is 1. The Hall–Kier alpha value is -2.02. The van der Waals surface area contributed by atoms with E-state index in [4.69, 9.17) is 5.26 Å². The summed E-state index contributed by atoms with van der Waals surface area (Å²) in [5, 5.41) is 13.3. The number of nitrogens with one attached hydrogen (secondary N) is 2. The standard InChI is InChI=1S/C11H13N3O/c12-7-9-14-11(15)13-8-6-10-4-2-1-3-5-10/h1-5H,6,8-9H2,(H2,13,14,15). The molecule has 0 spiro atoms. The van der Waals surface area contributed by atoms with Crippen LogP contribution in [0.3, 0.4) is 0 Å². The number of carbonyl (C=O) groups is 1. The predicted molar refractivity (Wildman–Crippen MR) is 57.2 cm³/mol. The van der Waals surface area contributed by atoms with E-state index in [1.165, 1.54) is 5.56 Å². The molecule has 2 N–H and O–H groups in total. The van der Waals surface area contributed by atoms with Gasteiger partial charge in [0.25, 0.3) is 0 Å². The summed E-state index contributed by atoms with van der Waals surface area (Å²) in [5.74, 6) is 0. The lowest BCUT2D eigenvalue weighted by Gasteiger charge is -2.04. The first-order valence-corrected chi connectivity index (χ1v) is 4.75. The molecular formula is C11H13N3O.